The maximum absolute atomic E-state index is 9.76. The molecule has 0 amide bonds. The third-order valence-corrected chi connectivity index (χ3v) is 3.89. The Bertz CT molecular complexity index is 424. The first kappa shape index (κ1) is 28.8. The Morgan fingerprint density at radius 2 is 1.71 bits per heavy atom. The number of aliphatic hydroxyl groups is 1. The van der Waals surface area contributed by atoms with Crippen LogP contribution in [0.15, 0.2) is 0 Å². The minimum atomic E-state index is -2.67. The number of carboxylic acid groups (broad SMARTS) is 1. The molecule has 0 aromatic heterocycles. The number of sulfone groups is 1. The molecule has 24 heavy (non-hydrogen) atoms. The van der Waals surface area contributed by atoms with Crippen molar-refractivity contribution in [2.75, 3.05) is 18.3 Å². The highest BCUT2D eigenvalue weighted by atomic mass is 35.5. The van der Waals surface area contributed by atoms with Crippen molar-refractivity contribution >= 4 is 40.8 Å². The molecule has 0 spiro atoms. The van der Waals surface area contributed by atoms with Gasteiger partial charge in [-0.3, -0.25) is 4.79 Å². The topological polar surface area (TPSA) is 118 Å². The van der Waals surface area contributed by atoms with Crippen molar-refractivity contribution in [1.29, 1.82) is 0 Å². The molecule has 9 heteroatoms. The Labute approximate surface area is 158 Å². The second kappa shape index (κ2) is 14.2. The molecule has 4 atom stereocenters. The van der Waals surface area contributed by atoms with Gasteiger partial charge in [-0.05, 0) is 30.6 Å². The van der Waals surface area contributed by atoms with Gasteiger partial charge in [0.05, 0.1) is 6.10 Å². The molecule has 0 bridgehead atoms. The van der Waals surface area contributed by atoms with Gasteiger partial charge in [0.15, 0.2) is 0 Å². The second-order valence-corrected chi connectivity index (χ2v) is 9.31. The highest BCUT2D eigenvalue weighted by molar-refractivity contribution is 7.89. The summed E-state index contributed by atoms with van der Waals surface area (Å²) in [5, 5.41) is 17.7. The minimum absolute atomic E-state index is 0. The molecule has 0 saturated heterocycles. The molecule has 4 unspecified atom stereocenters. The van der Waals surface area contributed by atoms with Crippen molar-refractivity contribution in [2.45, 2.75) is 52.2 Å². The van der Waals surface area contributed by atoms with Crippen molar-refractivity contribution in [1.82, 2.24) is 0 Å². The number of carboxylic acids is 1. The van der Waals surface area contributed by atoms with Gasteiger partial charge in [0.25, 0.3) is 0 Å². The molecular weight excluding hydrogens is 374 g/mol. The number of nitrogens with two attached hydrogens (primary N) is 1. The van der Waals surface area contributed by atoms with Crippen LogP contribution in [0.3, 0.4) is 0 Å². The van der Waals surface area contributed by atoms with E-state index in [-0.39, 0.29) is 24.3 Å². The molecule has 0 radical (unpaired) electrons. The third-order valence-electron chi connectivity index (χ3n) is 3.50. The summed E-state index contributed by atoms with van der Waals surface area (Å²) in [4.78, 5) is 9.76. The van der Waals surface area contributed by atoms with Crippen molar-refractivity contribution in [3.8, 4) is 0 Å². The molecule has 1 saturated carbocycles. The number of aliphatic hydroxyl groups excluding tert-OH is 1. The molecular formula is C15H34ClNO5S2. The molecule has 1 aliphatic rings. The van der Waals surface area contributed by atoms with E-state index in [0.717, 1.165) is 24.9 Å². The van der Waals surface area contributed by atoms with Crippen LogP contribution in [0, 0.1) is 17.8 Å². The largest absolute Gasteiger partial charge is 0.480 e. The van der Waals surface area contributed by atoms with E-state index in [4.69, 9.17) is 10.8 Å². The minimum Gasteiger partial charge on any atom is -0.480 e. The van der Waals surface area contributed by atoms with Crippen LogP contribution in [0.5, 0.6) is 0 Å². The summed E-state index contributed by atoms with van der Waals surface area (Å²) >= 11 is 3.65. The maximum Gasteiger partial charge on any atom is 0.321 e. The van der Waals surface area contributed by atoms with E-state index in [1.807, 2.05) is 0 Å². The molecule has 0 heterocycles. The standard InChI is InChI=1S/C10H20O.C3H7NO2S.C2H6O2S.ClH/c1-7(2)9-5-4-8(3)6-10(9)11;4-2(1-7)3(5)6;1-5(2,3)4;/h7-11H,4-6H2,1-3H3;2,7H,1,4H2,(H,5,6);1-2H3;1H. The van der Waals surface area contributed by atoms with Crippen LogP contribution in [-0.2, 0) is 14.6 Å². The fourth-order valence-electron chi connectivity index (χ4n) is 2.23. The Hall–Kier alpha value is -0.0200. The first-order valence-electron chi connectivity index (χ1n) is 7.71. The van der Waals surface area contributed by atoms with Crippen LogP contribution in [-0.4, -0.2) is 55.0 Å². The molecule has 1 fully saturated rings. The van der Waals surface area contributed by atoms with E-state index in [1.54, 1.807) is 0 Å². The van der Waals surface area contributed by atoms with E-state index < -0.39 is 21.8 Å². The fourth-order valence-corrected chi connectivity index (χ4v) is 2.39. The van der Waals surface area contributed by atoms with E-state index in [9.17, 15) is 18.3 Å². The molecule has 6 nitrogen and oxygen atoms in total. The zero-order valence-corrected chi connectivity index (χ0v) is 17.7. The Morgan fingerprint density at radius 1 is 1.29 bits per heavy atom. The molecule has 1 rings (SSSR count). The predicted octanol–water partition coefficient (Wildman–Crippen LogP) is 1.85. The Balaban J connectivity index is -0.000000296. The average Bonchev–Trinajstić information content (AvgIpc) is 2.35. The lowest BCUT2D eigenvalue weighted by Gasteiger charge is -2.33. The van der Waals surface area contributed by atoms with Crippen LogP contribution in [0.1, 0.15) is 40.0 Å². The number of aliphatic carboxylic acids is 1. The van der Waals surface area contributed by atoms with Gasteiger partial charge in [-0.15, -0.1) is 12.4 Å². The van der Waals surface area contributed by atoms with Crippen LogP contribution in [0.25, 0.3) is 0 Å². The smallest absolute Gasteiger partial charge is 0.321 e. The summed E-state index contributed by atoms with van der Waals surface area (Å²) in [6, 6.07) is -0.816. The van der Waals surface area contributed by atoms with E-state index in [0.29, 0.717) is 11.8 Å². The average molecular weight is 408 g/mol. The monoisotopic (exact) mass is 407 g/mol. The summed E-state index contributed by atoms with van der Waals surface area (Å²) in [6.45, 7) is 6.66. The number of rotatable bonds is 3. The van der Waals surface area contributed by atoms with Gasteiger partial charge in [0.1, 0.15) is 15.9 Å². The van der Waals surface area contributed by atoms with Crippen molar-refractivity contribution in [2.24, 2.45) is 23.5 Å². The summed E-state index contributed by atoms with van der Waals surface area (Å²) in [7, 11) is -2.67. The molecule has 0 aliphatic heterocycles. The summed E-state index contributed by atoms with van der Waals surface area (Å²) in [6.07, 6.45) is 5.83. The maximum atomic E-state index is 9.76. The van der Waals surface area contributed by atoms with Crippen molar-refractivity contribution in [3.63, 3.8) is 0 Å². The first-order valence-corrected chi connectivity index (χ1v) is 10.6. The van der Waals surface area contributed by atoms with Crippen molar-refractivity contribution < 1.29 is 23.4 Å². The van der Waals surface area contributed by atoms with Crippen molar-refractivity contribution in [3.05, 3.63) is 0 Å². The zero-order valence-electron chi connectivity index (χ0n) is 15.2. The number of halogens is 1. The number of hydrogen-bond donors (Lipinski definition) is 4. The lowest BCUT2D eigenvalue weighted by Crippen LogP contribution is -2.31. The van der Waals surface area contributed by atoms with Crippen LogP contribution in [0.2, 0.25) is 0 Å². The lowest BCUT2D eigenvalue weighted by molar-refractivity contribution is -0.137. The third kappa shape index (κ3) is 18.3. The van der Waals surface area contributed by atoms with Gasteiger partial charge in [-0.1, -0.05) is 27.2 Å². The summed E-state index contributed by atoms with van der Waals surface area (Å²) < 4.78 is 19.3. The molecule has 1 aliphatic carbocycles. The normalized spacial score (nSPS) is 24.5. The molecule has 0 aromatic rings. The summed E-state index contributed by atoms with van der Waals surface area (Å²) in [5.74, 6) is 1.13. The zero-order chi connectivity index (χ0) is 18.8. The lowest BCUT2D eigenvalue weighted by atomic mass is 9.75. The van der Waals surface area contributed by atoms with Crippen LogP contribution in [0.4, 0.5) is 0 Å². The molecule has 4 N–H and O–H groups in total. The van der Waals surface area contributed by atoms with E-state index in [1.165, 1.54) is 12.8 Å². The van der Waals surface area contributed by atoms with Gasteiger partial charge in [-0.2, -0.15) is 12.6 Å². The van der Waals surface area contributed by atoms with Gasteiger partial charge >= 0.3 is 5.97 Å². The predicted molar refractivity (Wildman–Crippen MR) is 105 cm³/mol. The molecule has 148 valence electrons. The SMILES string of the molecule is CC1CCC(C(C)C)C(O)C1.CS(C)(=O)=O.Cl.NC(CS)C(=O)O. The Kier molecular flexibility index (Phi) is 17.0. The first-order chi connectivity index (χ1) is 10.3. The number of thiol groups is 1. The van der Waals surface area contributed by atoms with Crippen LogP contribution >= 0.6 is 25.0 Å². The van der Waals surface area contributed by atoms with E-state index >= 15 is 0 Å². The summed E-state index contributed by atoms with van der Waals surface area (Å²) in [5.41, 5.74) is 4.94. The fraction of sp³-hybridized carbons (Fsp3) is 0.933. The quantitative estimate of drug-likeness (QED) is 0.530. The van der Waals surface area contributed by atoms with E-state index in [2.05, 4.69) is 33.4 Å². The second-order valence-electron chi connectivity index (χ2n) is 6.66. The Morgan fingerprint density at radius 3 is 1.92 bits per heavy atom. The van der Waals surface area contributed by atoms with Gasteiger partial charge in [-0.25, -0.2) is 8.42 Å². The van der Waals surface area contributed by atoms with Gasteiger partial charge < -0.3 is 15.9 Å². The van der Waals surface area contributed by atoms with Gasteiger partial charge in [0, 0.05) is 18.3 Å². The van der Waals surface area contributed by atoms with Crippen LogP contribution < -0.4 is 5.73 Å². The number of carbonyl (C=O) groups is 1. The highest BCUT2D eigenvalue weighted by Gasteiger charge is 2.28. The molecule has 0 aromatic carbocycles. The van der Waals surface area contributed by atoms with Gasteiger partial charge in [0.2, 0.25) is 0 Å². The highest BCUT2D eigenvalue weighted by Crippen LogP contribution is 2.33. The number of hydrogen-bond acceptors (Lipinski definition) is 6.